The molecular formula is C22H26N2O4S. The summed E-state index contributed by atoms with van der Waals surface area (Å²) in [6.45, 7) is 5.87. The number of hydrogen-bond donors (Lipinski definition) is 2. The van der Waals surface area contributed by atoms with Crippen LogP contribution in [0.25, 0.3) is 0 Å². The highest BCUT2D eigenvalue weighted by Gasteiger charge is 2.54. The maximum Gasteiger partial charge on any atom is 0.325 e. The van der Waals surface area contributed by atoms with Crippen LogP contribution in [0.2, 0.25) is 0 Å². The number of carbonyl (C=O) groups is 2. The zero-order chi connectivity index (χ0) is 20.8. The molecule has 29 heavy (non-hydrogen) atoms. The minimum Gasteiger partial charge on any atom is -0.490 e. The van der Waals surface area contributed by atoms with Crippen molar-refractivity contribution in [1.82, 2.24) is 10.2 Å². The van der Waals surface area contributed by atoms with Crippen LogP contribution >= 0.6 is 11.3 Å². The number of imide groups is 1. The maximum absolute atomic E-state index is 13.2. The van der Waals surface area contributed by atoms with Gasteiger partial charge in [-0.3, -0.25) is 9.69 Å². The van der Waals surface area contributed by atoms with Gasteiger partial charge in [0.2, 0.25) is 0 Å². The Morgan fingerprint density at radius 2 is 2.00 bits per heavy atom. The molecule has 7 heteroatoms. The number of urea groups is 1. The van der Waals surface area contributed by atoms with Gasteiger partial charge in [-0.15, -0.1) is 11.3 Å². The summed E-state index contributed by atoms with van der Waals surface area (Å²) >= 11 is 1.62. The first kappa shape index (κ1) is 19.9. The Hall–Kier alpha value is -2.38. The zero-order valence-electron chi connectivity index (χ0n) is 16.9. The molecule has 2 aliphatic rings. The molecule has 1 aromatic heterocycles. The van der Waals surface area contributed by atoms with Crippen LogP contribution in [0.4, 0.5) is 4.79 Å². The van der Waals surface area contributed by atoms with E-state index in [0.717, 1.165) is 50.6 Å². The third-order valence-corrected chi connectivity index (χ3v) is 7.00. The number of fused-ring (bicyclic) bond motifs is 2. The minimum absolute atomic E-state index is 0.0128. The summed E-state index contributed by atoms with van der Waals surface area (Å²) in [4.78, 5) is 28.1. The van der Waals surface area contributed by atoms with E-state index in [9.17, 15) is 14.7 Å². The molecule has 0 saturated carbocycles. The minimum atomic E-state index is -0.977. The average molecular weight is 415 g/mol. The van der Waals surface area contributed by atoms with Crippen molar-refractivity contribution in [2.45, 2.75) is 51.7 Å². The number of nitrogens with zero attached hydrogens (tertiary/aromatic N) is 1. The first-order chi connectivity index (χ1) is 13.8. The van der Waals surface area contributed by atoms with Crippen LogP contribution in [0.3, 0.4) is 0 Å². The molecule has 4 rings (SSSR count). The summed E-state index contributed by atoms with van der Waals surface area (Å²) in [7, 11) is 0. The lowest BCUT2D eigenvalue weighted by Gasteiger charge is -2.31. The molecule has 0 radical (unpaired) electrons. The molecule has 1 aliphatic carbocycles. The number of nitrogens with one attached hydrogen (secondary N) is 1. The molecule has 1 aliphatic heterocycles. The van der Waals surface area contributed by atoms with Gasteiger partial charge in [0.15, 0.2) is 0 Å². The van der Waals surface area contributed by atoms with Gasteiger partial charge >= 0.3 is 6.03 Å². The van der Waals surface area contributed by atoms with E-state index in [4.69, 9.17) is 4.74 Å². The maximum atomic E-state index is 13.2. The Morgan fingerprint density at radius 3 is 2.79 bits per heavy atom. The molecule has 3 amide bonds. The van der Waals surface area contributed by atoms with Crippen LogP contribution in [0, 0.1) is 20.8 Å². The van der Waals surface area contributed by atoms with Crippen molar-refractivity contribution >= 4 is 23.3 Å². The molecule has 2 atom stereocenters. The molecule has 1 fully saturated rings. The third-order valence-electron chi connectivity index (χ3n) is 6.02. The molecule has 2 aromatic rings. The van der Waals surface area contributed by atoms with Gasteiger partial charge in [0, 0.05) is 10.4 Å². The number of β-amino-alcohol motifs (C(OH)–C–C–N with tert-alkyl or cyclic N) is 1. The number of hydrogen-bond acceptors (Lipinski definition) is 5. The third kappa shape index (κ3) is 3.32. The molecule has 1 aromatic carbocycles. The van der Waals surface area contributed by atoms with Gasteiger partial charge < -0.3 is 15.2 Å². The van der Waals surface area contributed by atoms with Crippen molar-refractivity contribution in [2.75, 3.05) is 13.2 Å². The van der Waals surface area contributed by atoms with Gasteiger partial charge in [-0.2, -0.15) is 0 Å². The van der Waals surface area contributed by atoms with Crippen molar-refractivity contribution < 1.29 is 19.4 Å². The van der Waals surface area contributed by atoms with E-state index >= 15 is 0 Å². The second kappa shape index (κ2) is 7.46. The molecule has 1 spiro atoms. The van der Waals surface area contributed by atoms with Crippen LogP contribution in [0.1, 0.15) is 40.0 Å². The number of thiophene rings is 1. The van der Waals surface area contributed by atoms with Gasteiger partial charge in [0.1, 0.15) is 24.0 Å². The fourth-order valence-electron chi connectivity index (χ4n) is 4.30. The smallest absolute Gasteiger partial charge is 0.325 e. The first-order valence-corrected chi connectivity index (χ1v) is 10.8. The van der Waals surface area contributed by atoms with Crippen molar-refractivity contribution in [3.63, 3.8) is 0 Å². The number of amides is 3. The van der Waals surface area contributed by atoms with Crippen LogP contribution < -0.4 is 10.1 Å². The van der Waals surface area contributed by atoms with Gasteiger partial charge in [-0.1, -0.05) is 12.1 Å². The largest absolute Gasteiger partial charge is 0.490 e. The Bertz CT molecular complexity index is 970. The summed E-state index contributed by atoms with van der Waals surface area (Å²) in [5.74, 6) is 0.469. The lowest BCUT2D eigenvalue weighted by molar-refractivity contribution is -0.133. The lowest BCUT2D eigenvalue weighted by Crippen LogP contribution is -2.46. The van der Waals surface area contributed by atoms with Gasteiger partial charge in [0.25, 0.3) is 5.91 Å². The number of carbonyl (C=O) groups excluding carboxylic acids is 2. The van der Waals surface area contributed by atoms with Gasteiger partial charge in [0.05, 0.1) is 6.54 Å². The molecule has 2 heterocycles. The van der Waals surface area contributed by atoms with E-state index < -0.39 is 17.7 Å². The van der Waals surface area contributed by atoms with E-state index in [1.54, 1.807) is 11.3 Å². The van der Waals surface area contributed by atoms with E-state index in [-0.39, 0.29) is 19.1 Å². The fraction of sp³-hybridized carbons (Fsp3) is 0.455. The zero-order valence-corrected chi connectivity index (χ0v) is 17.8. The number of aliphatic hydroxyl groups is 1. The summed E-state index contributed by atoms with van der Waals surface area (Å²) in [6, 6.07) is 5.50. The fourth-order valence-corrected chi connectivity index (χ4v) is 5.30. The normalized spacial score (nSPS) is 22.0. The Kier molecular flexibility index (Phi) is 5.12. The summed E-state index contributed by atoms with van der Waals surface area (Å²) in [5, 5.41) is 15.4. The predicted molar refractivity (Wildman–Crippen MR) is 111 cm³/mol. The summed E-state index contributed by atoms with van der Waals surface area (Å²) < 4.78 is 5.85. The van der Waals surface area contributed by atoms with Crippen molar-refractivity contribution in [2.24, 2.45) is 0 Å². The van der Waals surface area contributed by atoms with Crippen molar-refractivity contribution in [1.29, 1.82) is 0 Å². The highest BCUT2D eigenvalue weighted by molar-refractivity contribution is 7.10. The van der Waals surface area contributed by atoms with Crippen molar-refractivity contribution in [3.05, 3.63) is 50.7 Å². The Morgan fingerprint density at radius 1 is 1.24 bits per heavy atom. The number of ether oxygens (including phenoxy) is 1. The summed E-state index contributed by atoms with van der Waals surface area (Å²) in [6.07, 6.45) is 1.41. The number of benzene rings is 1. The summed E-state index contributed by atoms with van der Waals surface area (Å²) in [5.41, 5.74) is 3.06. The molecule has 2 N–H and O–H groups in total. The predicted octanol–water partition coefficient (Wildman–Crippen LogP) is 3.20. The molecule has 0 unspecified atom stereocenters. The Balaban J connectivity index is 1.46. The van der Waals surface area contributed by atoms with Gasteiger partial charge in [-0.25, -0.2) is 4.79 Å². The van der Waals surface area contributed by atoms with Crippen molar-refractivity contribution in [3.8, 4) is 5.75 Å². The quantitative estimate of drug-likeness (QED) is 0.737. The van der Waals surface area contributed by atoms with Crippen LogP contribution in [-0.4, -0.2) is 41.2 Å². The van der Waals surface area contributed by atoms with Crippen LogP contribution in [0.15, 0.2) is 23.6 Å². The SMILES string of the molecule is Cc1ccc(C)c(OC[C@@H](O)CN2C(=O)N[C@@]3(CCCc4sccc43)C2=O)c1C. The molecule has 154 valence electrons. The highest BCUT2D eigenvalue weighted by atomic mass is 32.1. The van der Waals surface area contributed by atoms with Crippen LogP contribution in [0.5, 0.6) is 5.75 Å². The van der Waals surface area contributed by atoms with Crippen LogP contribution in [-0.2, 0) is 16.8 Å². The van der Waals surface area contributed by atoms with E-state index in [0.29, 0.717) is 6.42 Å². The average Bonchev–Trinajstić information content (AvgIpc) is 3.26. The Labute approximate surface area is 174 Å². The second-order valence-corrected chi connectivity index (χ2v) is 8.98. The van der Waals surface area contributed by atoms with E-state index in [1.165, 1.54) is 0 Å². The highest BCUT2D eigenvalue weighted by Crippen LogP contribution is 2.42. The molecule has 6 nitrogen and oxygen atoms in total. The standard InChI is InChI=1S/C22H26N2O4S/c1-13-6-7-14(2)19(15(13)3)28-12-16(25)11-24-20(26)22(23-21(24)27)9-4-5-18-17(22)8-10-29-18/h6-8,10,16,25H,4-5,9,11-12H2,1-3H3,(H,23,27)/t16-,22+/m0/s1. The molecule has 1 saturated heterocycles. The molecular weight excluding hydrogens is 388 g/mol. The monoisotopic (exact) mass is 414 g/mol. The van der Waals surface area contributed by atoms with E-state index in [2.05, 4.69) is 5.32 Å². The molecule has 0 bridgehead atoms. The van der Waals surface area contributed by atoms with E-state index in [1.807, 2.05) is 44.4 Å². The first-order valence-electron chi connectivity index (χ1n) is 9.92. The number of aliphatic hydroxyl groups excluding tert-OH is 1. The number of rotatable bonds is 5. The second-order valence-electron chi connectivity index (χ2n) is 7.98. The lowest BCUT2D eigenvalue weighted by atomic mass is 9.80. The van der Waals surface area contributed by atoms with Gasteiger partial charge in [-0.05, 0) is 68.2 Å². The number of aryl methyl sites for hydroxylation is 3. The topological polar surface area (TPSA) is 78.9 Å².